The van der Waals surface area contributed by atoms with Gasteiger partial charge in [-0.2, -0.15) is 13.2 Å². The van der Waals surface area contributed by atoms with Gasteiger partial charge in [-0.15, -0.1) is 0 Å². The molecule has 1 aromatic rings. The second kappa shape index (κ2) is 5.09. The third kappa shape index (κ3) is 3.64. The van der Waals surface area contributed by atoms with Crippen molar-refractivity contribution in [3.05, 3.63) is 44.8 Å². The number of rotatable bonds is 3. The van der Waals surface area contributed by atoms with Crippen LogP contribution in [0.3, 0.4) is 0 Å². The molecule has 7 heteroatoms. The van der Waals surface area contributed by atoms with Crippen molar-refractivity contribution in [3.8, 4) is 0 Å². The summed E-state index contributed by atoms with van der Waals surface area (Å²) in [6.07, 6.45) is -4.19. The van der Waals surface area contributed by atoms with E-state index in [1.165, 1.54) is 6.07 Å². The second-order valence-corrected chi connectivity index (χ2v) is 3.49. The van der Waals surface area contributed by atoms with Crippen LogP contribution in [0.4, 0.5) is 13.2 Å². The SMILES string of the molecule is [N-]=[N+]=NCCc1cc(Cl)cc(C(F)(F)F)c1. The van der Waals surface area contributed by atoms with Gasteiger partial charge in [0.15, 0.2) is 0 Å². The molecule has 16 heavy (non-hydrogen) atoms. The molecule has 0 bridgehead atoms. The number of azide groups is 1. The Labute approximate surface area is 94.5 Å². The lowest BCUT2D eigenvalue weighted by Gasteiger charge is -2.09. The van der Waals surface area contributed by atoms with E-state index in [-0.39, 0.29) is 18.0 Å². The van der Waals surface area contributed by atoms with Crippen LogP contribution >= 0.6 is 11.6 Å². The summed E-state index contributed by atoms with van der Waals surface area (Å²) < 4.78 is 37.2. The summed E-state index contributed by atoms with van der Waals surface area (Å²) in [5, 5.41) is 3.26. The molecule has 0 N–H and O–H groups in total. The van der Waals surface area contributed by atoms with E-state index in [1.54, 1.807) is 0 Å². The van der Waals surface area contributed by atoms with Gasteiger partial charge in [-0.1, -0.05) is 16.7 Å². The van der Waals surface area contributed by atoms with Gasteiger partial charge < -0.3 is 0 Å². The molecule has 0 aliphatic carbocycles. The third-order valence-corrected chi connectivity index (χ3v) is 2.07. The van der Waals surface area contributed by atoms with Crippen molar-refractivity contribution in [2.45, 2.75) is 12.6 Å². The minimum Gasteiger partial charge on any atom is -0.166 e. The zero-order chi connectivity index (χ0) is 12.2. The Morgan fingerprint density at radius 3 is 2.56 bits per heavy atom. The Kier molecular flexibility index (Phi) is 4.04. The van der Waals surface area contributed by atoms with E-state index in [1.807, 2.05) is 0 Å². The van der Waals surface area contributed by atoms with Gasteiger partial charge in [0.05, 0.1) is 5.56 Å². The molecular formula is C9H7ClF3N3. The molecule has 0 aliphatic heterocycles. The average molecular weight is 250 g/mol. The van der Waals surface area contributed by atoms with Gasteiger partial charge in [0.2, 0.25) is 0 Å². The Morgan fingerprint density at radius 2 is 2.00 bits per heavy atom. The maximum atomic E-state index is 12.4. The first-order valence-corrected chi connectivity index (χ1v) is 4.69. The fraction of sp³-hybridized carbons (Fsp3) is 0.333. The predicted octanol–water partition coefficient (Wildman–Crippen LogP) is 4.21. The van der Waals surface area contributed by atoms with Crippen molar-refractivity contribution in [1.29, 1.82) is 0 Å². The molecular weight excluding hydrogens is 243 g/mol. The van der Waals surface area contributed by atoms with Gasteiger partial charge in [0.25, 0.3) is 0 Å². The van der Waals surface area contributed by atoms with Crippen LogP contribution in [0.15, 0.2) is 23.3 Å². The zero-order valence-corrected chi connectivity index (χ0v) is 8.76. The number of alkyl halides is 3. The maximum Gasteiger partial charge on any atom is 0.416 e. The molecule has 0 radical (unpaired) electrons. The van der Waals surface area contributed by atoms with E-state index in [9.17, 15) is 13.2 Å². The maximum absolute atomic E-state index is 12.4. The smallest absolute Gasteiger partial charge is 0.166 e. The van der Waals surface area contributed by atoms with Gasteiger partial charge >= 0.3 is 6.18 Å². The minimum absolute atomic E-state index is 0.0192. The molecule has 0 fully saturated rings. The fourth-order valence-electron chi connectivity index (χ4n) is 1.18. The molecule has 0 aromatic heterocycles. The van der Waals surface area contributed by atoms with Crippen LogP contribution in [0.2, 0.25) is 5.02 Å². The van der Waals surface area contributed by atoms with E-state index in [0.29, 0.717) is 5.56 Å². The van der Waals surface area contributed by atoms with Gasteiger partial charge in [-0.25, -0.2) is 0 Å². The topological polar surface area (TPSA) is 48.8 Å². The molecule has 0 spiro atoms. The highest BCUT2D eigenvalue weighted by molar-refractivity contribution is 6.30. The van der Waals surface area contributed by atoms with E-state index in [4.69, 9.17) is 17.1 Å². The van der Waals surface area contributed by atoms with Crippen LogP contribution in [-0.2, 0) is 12.6 Å². The second-order valence-electron chi connectivity index (χ2n) is 3.05. The molecule has 3 nitrogen and oxygen atoms in total. The molecule has 0 heterocycles. The predicted molar refractivity (Wildman–Crippen MR) is 54.2 cm³/mol. The number of benzene rings is 1. The zero-order valence-electron chi connectivity index (χ0n) is 8.00. The Hall–Kier alpha value is -1.39. The number of nitrogens with zero attached hydrogens (tertiary/aromatic N) is 3. The molecule has 0 aliphatic rings. The summed E-state index contributed by atoms with van der Waals surface area (Å²) in [7, 11) is 0. The van der Waals surface area contributed by atoms with Crippen molar-refractivity contribution < 1.29 is 13.2 Å². The van der Waals surface area contributed by atoms with Gasteiger partial charge in [-0.3, -0.25) is 0 Å². The van der Waals surface area contributed by atoms with Crippen LogP contribution in [-0.4, -0.2) is 6.54 Å². The first-order chi connectivity index (χ1) is 7.43. The van der Waals surface area contributed by atoms with Crippen molar-refractivity contribution in [2.75, 3.05) is 6.54 Å². The Morgan fingerprint density at radius 1 is 1.31 bits per heavy atom. The highest BCUT2D eigenvalue weighted by Crippen LogP contribution is 2.31. The number of hydrogen-bond donors (Lipinski definition) is 0. The molecule has 0 amide bonds. The summed E-state index contributed by atoms with van der Waals surface area (Å²) in [6.45, 7) is 0.105. The number of hydrogen-bond acceptors (Lipinski definition) is 1. The van der Waals surface area contributed by atoms with E-state index in [2.05, 4.69) is 10.0 Å². The summed E-state index contributed by atoms with van der Waals surface area (Å²) >= 11 is 5.57. The molecule has 0 unspecified atom stereocenters. The van der Waals surface area contributed by atoms with Crippen LogP contribution in [0, 0.1) is 0 Å². The van der Waals surface area contributed by atoms with E-state index < -0.39 is 11.7 Å². The minimum atomic E-state index is -4.42. The fourth-order valence-corrected chi connectivity index (χ4v) is 1.44. The normalized spacial score (nSPS) is 11.0. The highest BCUT2D eigenvalue weighted by Gasteiger charge is 2.30. The monoisotopic (exact) mass is 249 g/mol. The summed E-state index contributed by atoms with van der Waals surface area (Å²) in [4.78, 5) is 2.51. The third-order valence-electron chi connectivity index (χ3n) is 1.85. The van der Waals surface area contributed by atoms with Gasteiger partial charge in [0, 0.05) is 16.5 Å². The number of halogens is 4. The first-order valence-electron chi connectivity index (χ1n) is 4.31. The Bertz CT molecular complexity index is 424. The van der Waals surface area contributed by atoms with Gasteiger partial charge in [-0.05, 0) is 35.7 Å². The van der Waals surface area contributed by atoms with Crippen LogP contribution in [0.1, 0.15) is 11.1 Å². The van der Waals surface area contributed by atoms with Crippen LogP contribution in [0.25, 0.3) is 10.4 Å². The summed E-state index contributed by atoms with van der Waals surface area (Å²) in [6, 6.07) is 3.28. The van der Waals surface area contributed by atoms with Crippen molar-refractivity contribution >= 4 is 11.6 Å². The standard InChI is InChI=1S/C9H7ClF3N3/c10-8-4-6(1-2-15-16-14)3-7(5-8)9(11,12)13/h3-5H,1-2H2. The largest absolute Gasteiger partial charge is 0.416 e. The highest BCUT2D eigenvalue weighted by atomic mass is 35.5. The molecule has 86 valence electrons. The molecule has 0 saturated carbocycles. The van der Waals surface area contributed by atoms with Crippen molar-refractivity contribution in [1.82, 2.24) is 0 Å². The molecule has 0 saturated heterocycles. The molecule has 1 aromatic carbocycles. The van der Waals surface area contributed by atoms with Gasteiger partial charge in [0.1, 0.15) is 0 Å². The molecule has 1 rings (SSSR count). The van der Waals surface area contributed by atoms with E-state index >= 15 is 0 Å². The quantitative estimate of drug-likeness (QED) is 0.438. The average Bonchev–Trinajstić information content (AvgIpc) is 2.16. The van der Waals surface area contributed by atoms with Crippen LogP contribution in [0.5, 0.6) is 0 Å². The summed E-state index contributed by atoms with van der Waals surface area (Å²) in [5.74, 6) is 0. The lowest BCUT2D eigenvalue weighted by molar-refractivity contribution is -0.137. The Balaban J connectivity index is 2.94. The summed E-state index contributed by atoms with van der Waals surface area (Å²) in [5.41, 5.74) is 7.64. The van der Waals surface area contributed by atoms with Crippen molar-refractivity contribution in [3.63, 3.8) is 0 Å². The van der Waals surface area contributed by atoms with Crippen molar-refractivity contribution in [2.24, 2.45) is 5.11 Å². The van der Waals surface area contributed by atoms with E-state index in [0.717, 1.165) is 12.1 Å². The lowest BCUT2D eigenvalue weighted by atomic mass is 10.1. The first kappa shape index (κ1) is 12.7. The lowest BCUT2D eigenvalue weighted by Crippen LogP contribution is -2.05. The van der Waals surface area contributed by atoms with Crippen LogP contribution < -0.4 is 0 Å². The molecule has 0 atom stereocenters.